The van der Waals surface area contributed by atoms with E-state index in [-0.39, 0.29) is 0 Å². The van der Waals surface area contributed by atoms with Crippen LogP contribution in [0.3, 0.4) is 0 Å². The first-order valence-electron chi connectivity index (χ1n) is 3.44. The van der Waals surface area contributed by atoms with Crippen molar-refractivity contribution in [2.24, 2.45) is 0 Å². The molecular formula is C8H6FIO2. The highest BCUT2D eigenvalue weighted by molar-refractivity contribution is 14.1. The third-order valence-electron chi connectivity index (χ3n) is 1.63. The van der Waals surface area contributed by atoms with Crippen LogP contribution in [0.25, 0.3) is 0 Å². The zero-order valence-corrected chi connectivity index (χ0v) is 8.46. The van der Waals surface area contributed by atoms with Crippen LogP contribution in [0.5, 0.6) is 11.5 Å². The number of para-hydroxylation sites is 1. The molecule has 0 aromatic heterocycles. The Hall–Kier alpha value is -0.520. The highest BCUT2D eigenvalue weighted by Gasteiger charge is 2.39. The van der Waals surface area contributed by atoms with E-state index in [1.54, 1.807) is 12.1 Å². The van der Waals surface area contributed by atoms with Crippen LogP contribution in [-0.2, 0) is 0 Å². The zero-order valence-electron chi connectivity index (χ0n) is 6.30. The molecule has 0 radical (unpaired) electrons. The molecule has 1 aromatic rings. The molecule has 1 atom stereocenters. The molecule has 0 bridgehead atoms. The minimum absolute atomic E-state index is 0.465. The molecule has 1 heterocycles. The van der Waals surface area contributed by atoms with Crippen molar-refractivity contribution in [2.75, 3.05) is 0 Å². The second-order valence-electron chi connectivity index (χ2n) is 2.57. The van der Waals surface area contributed by atoms with Gasteiger partial charge < -0.3 is 9.47 Å². The fourth-order valence-electron chi connectivity index (χ4n) is 1.10. The van der Waals surface area contributed by atoms with Crippen molar-refractivity contribution in [3.63, 3.8) is 0 Å². The molecule has 12 heavy (non-hydrogen) atoms. The highest BCUT2D eigenvalue weighted by Crippen LogP contribution is 2.44. The van der Waals surface area contributed by atoms with Crippen molar-refractivity contribution in [1.29, 1.82) is 0 Å². The van der Waals surface area contributed by atoms with Gasteiger partial charge in [0.15, 0.2) is 11.5 Å². The fraction of sp³-hybridized carbons (Fsp3) is 0.250. The van der Waals surface area contributed by atoms with Gasteiger partial charge in [-0.05, 0) is 18.6 Å². The smallest absolute Gasteiger partial charge is 0.415 e. The van der Waals surface area contributed by atoms with Crippen molar-refractivity contribution in [3.05, 3.63) is 23.8 Å². The van der Waals surface area contributed by atoms with Crippen LogP contribution in [0.1, 0.15) is 5.56 Å². The average molecular weight is 280 g/mol. The lowest BCUT2D eigenvalue weighted by Crippen LogP contribution is -2.23. The number of fused-ring (bicyclic) bond motifs is 1. The summed E-state index contributed by atoms with van der Waals surface area (Å²) in [6.45, 7) is 1.85. The van der Waals surface area contributed by atoms with Gasteiger partial charge in [-0.15, -0.1) is 4.39 Å². The largest absolute Gasteiger partial charge is 0.462 e. The summed E-state index contributed by atoms with van der Waals surface area (Å²) < 4.78 is 20.9. The molecule has 0 amide bonds. The van der Waals surface area contributed by atoms with E-state index in [4.69, 9.17) is 9.47 Å². The molecule has 2 rings (SSSR count). The van der Waals surface area contributed by atoms with E-state index in [1.165, 1.54) is 22.6 Å². The normalized spacial score (nSPS) is 25.9. The van der Waals surface area contributed by atoms with Crippen LogP contribution in [0.4, 0.5) is 4.39 Å². The van der Waals surface area contributed by atoms with Crippen molar-refractivity contribution >= 4 is 22.6 Å². The molecule has 1 aliphatic rings. The Morgan fingerprint density at radius 1 is 1.42 bits per heavy atom. The summed E-state index contributed by atoms with van der Waals surface area (Å²) in [5.41, 5.74) is 0.878. The molecule has 1 unspecified atom stereocenters. The summed E-state index contributed by atoms with van der Waals surface area (Å²) in [7, 11) is 0. The van der Waals surface area contributed by atoms with E-state index in [0.29, 0.717) is 11.5 Å². The number of rotatable bonds is 0. The highest BCUT2D eigenvalue weighted by atomic mass is 127. The van der Waals surface area contributed by atoms with Crippen LogP contribution in [0.15, 0.2) is 18.2 Å². The SMILES string of the molecule is Cc1cccc2c1OC(F)(I)O2. The van der Waals surface area contributed by atoms with Crippen LogP contribution in [0.2, 0.25) is 0 Å². The fourth-order valence-corrected chi connectivity index (χ4v) is 1.56. The Kier molecular flexibility index (Phi) is 1.67. The van der Waals surface area contributed by atoms with Gasteiger partial charge in [-0.1, -0.05) is 12.1 Å². The lowest BCUT2D eigenvalue weighted by atomic mass is 10.2. The van der Waals surface area contributed by atoms with Gasteiger partial charge in [-0.25, -0.2) is 0 Å². The molecule has 1 aromatic carbocycles. The van der Waals surface area contributed by atoms with Gasteiger partial charge in [0.1, 0.15) is 0 Å². The summed E-state index contributed by atoms with van der Waals surface area (Å²) in [5, 5.41) is 0. The van der Waals surface area contributed by atoms with Crippen molar-refractivity contribution in [3.8, 4) is 11.5 Å². The third kappa shape index (κ3) is 1.24. The molecule has 0 saturated carbocycles. The van der Waals surface area contributed by atoms with Gasteiger partial charge in [0, 0.05) is 0 Å². The lowest BCUT2D eigenvalue weighted by Gasteiger charge is -2.08. The third-order valence-corrected chi connectivity index (χ3v) is 2.07. The average Bonchev–Trinajstić information content (AvgIpc) is 2.25. The summed E-state index contributed by atoms with van der Waals surface area (Å²) in [4.78, 5) is 0. The minimum Gasteiger partial charge on any atom is -0.415 e. The number of hydrogen-bond donors (Lipinski definition) is 0. The molecule has 0 fully saturated rings. The van der Waals surface area contributed by atoms with Gasteiger partial charge in [0.25, 0.3) is 0 Å². The van der Waals surface area contributed by atoms with Crippen LogP contribution >= 0.6 is 22.6 Å². The van der Waals surface area contributed by atoms with Crippen LogP contribution < -0.4 is 9.47 Å². The Balaban J connectivity index is 2.48. The number of ether oxygens (including phenoxy) is 2. The molecule has 0 aliphatic carbocycles. The van der Waals surface area contributed by atoms with E-state index in [0.717, 1.165) is 5.56 Å². The maximum absolute atomic E-state index is 13.1. The molecule has 64 valence electrons. The van der Waals surface area contributed by atoms with Gasteiger partial charge >= 0.3 is 4.05 Å². The number of benzene rings is 1. The Labute approximate surface area is 82.8 Å². The lowest BCUT2D eigenvalue weighted by molar-refractivity contribution is -0.0846. The minimum atomic E-state index is -2.04. The van der Waals surface area contributed by atoms with Crippen LogP contribution in [0, 0.1) is 6.92 Å². The topological polar surface area (TPSA) is 18.5 Å². The molecule has 2 nitrogen and oxygen atoms in total. The summed E-state index contributed by atoms with van der Waals surface area (Å²) >= 11 is 1.47. The first-order chi connectivity index (χ1) is 5.58. The molecule has 1 aliphatic heterocycles. The van der Waals surface area contributed by atoms with Crippen molar-refractivity contribution in [2.45, 2.75) is 11.0 Å². The first-order valence-corrected chi connectivity index (χ1v) is 4.52. The summed E-state index contributed by atoms with van der Waals surface area (Å²) in [5.74, 6) is 0.960. The maximum atomic E-state index is 13.1. The molecule has 4 heteroatoms. The standard InChI is InChI=1S/C8H6FIO2/c1-5-3-2-4-6-7(5)12-8(9,10)11-6/h2-4H,1H3. The van der Waals surface area contributed by atoms with Gasteiger partial charge in [-0.3, -0.25) is 0 Å². The van der Waals surface area contributed by atoms with E-state index in [9.17, 15) is 4.39 Å². The molecule has 0 saturated heterocycles. The molecule has 0 spiro atoms. The maximum Gasteiger partial charge on any atom is 0.462 e. The Bertz CT molecular complexity index is 325. The number of aryl methyl sites for hydroxylation is 1. The van der Waals surface area contributed by atoms with Gasteiger partial charge in [0.2, 0.25) is 0 Å². The van der Waals surface area contributed by atoms with Crippen LogP contribution in [-0.4, -0.2) is 4.05 Å². The number of hydrogen-bond acceptors (Lipinski definition) is 2. The number of alkyl halides is 2. The summed E-state index contributed by atoms with van der Waals surface area (Å²) in [6.07, 6.45) is 0. The Morgan fingerprint density at radius 3 is 2.83 bits per heavy atom. The quantitative estimate of drug-likeness (QED) is 0.537. The molecule has 0 N–H and O–H groups in total. The predicted molar refractivity (Wildman–Crippen MR) is 50.3 cm³/mol. The van der Waals surface area contributed by atoms with E-state index in [1.807, 2.05) is 13.0 Å². The summed E-state index contributed by atoms with van der Waals surface area (Å²) in [6, 6.07) is 5.33. The van der Waals surface area contributed by atoms with Crippen molar-refractivity contribution < 1.29 is 13.9 Å². The molecular weight excluding hydrogens is 274 g/mol. The Morgan fingerprint density at radius 2 is 2.17 bits per heavy atom. The van der Waals surface area contributed by atoms with E-state index < -0.39 is 4.05 Å². The van der Waals surface area contributed by atoms with Gasteiger partial charge in [-0.2, -0.15) is 0 Å². The van der Waals surface area contributed by atoms with Crippen molar-refractivity contribution in [1.82, 2.24) is 0 Å². The predicted octanol–water partition coefficient (Wildman–Crippen LogP) is 2.78. The second-order valence-corrected chi connectivity index (χ2v) is 3.86. The van der Waals surface area contributed by atoms with Gasteiger partial charge in [0.05, 0.1) is 22.6 Å². The van der Waals surface area contributed by atoms with E-state index >= 15 is 0 Å². The first kappa shape index (κ1) is 8.10. The second kappa shape index (κ2) is 2.48. The monoisotopic (exact) mass is 280 g/mol. The number of halogens is 2. The zero-order chi connectivity index (χ0) is 8.77. The van der Waals surface area contributed by atoms with E-state index in [2.05, 4.69) is 0 Å².